The van der Waals surface area contributed by atoms with Crippen LogP contribution in [0.25, 0.3) is 11.0 Å². The zero-order valence-electron chi connectivity index (χ0n) is 10.1. The molecule has 1 aromatic heterocycles. The molecule has 0 spiro atoms. The van der Waals surface area contributed by atoms with Crippen LogP contribution in [0.15, 0.2) is 24.3 Å². The molecule has 86 valence electrons. The molecule has 0 radical (unpaired) electrons. The van der Waals surface area contributed by atoms with Crippen molar-refractivity contribution in [2.24, 2.45) is 5.73 Å². The lowest BCUT2D eigenvalue weighted by atomic mass is 10.0. The van der Waals surface area contributed by atoms with Gasteiger partial charge in [-0.05, 0) is 26.0 Å². The van der Waals surface area contributed by atoms with Crippen LogP contribution in [0.4, 0.5) is 0 Å². The van der Waals surface area contributed by atoms with E-state index in [1.807, 2.05) is 13.0 Å². The van der Waals surface area contributed by atoms with Crippen LogP contribution in [-0.2, 0) is 6.54 Å². The fourth-order valence-corrected chi connectivity index (χ4v) is 2.01. The van der Waals surface area contributed by atoms with E-state index in [2.05, 4.69) is 41.6 Å². The van der Waals surface area contributed by atoms with Crippen LogP contribution >= 0.6 is 0 Å². The first kappa shape index (κ1) is 11.1. The summed E-state index contributed by atoms with van der Waals surface area (Å²) in [5.74, 6) is 1.38. The quantitative estimate of drug-likeness (QED) is 0.858. The summed E-state index contributed by atoms with van der Waals surface area (Å²) < 4.78 is 2.25. The van der Waals surface area contributed by atoms with E-state index in [4.69, 9.17) is 5.73 Å². The Labute approximate surface area is 96.3 Å². The number of hydrogen-bond acceptors (Lipinski definition) is 2. The Morgan fingerprint density at radius 2 is 2.00 bits per heavy atom. The van der Waals surface area contributed by atoms with Crippen molar-refractivity contribution >= 4 is 11.0 Å². The molecule has 2 aromatic rings. The highest BCUT2D eigenvalue weighted by atomic mass is 15.1. The zero-order chi connectivity index (χ0) is 11.7. The minimum atomic E-state index is 0.127. The summed E-state index contributed by atoms with van der Waals surface area (Å²) in [4.78, 5) is 4.69. The molecule has 1 aromatic carbocycles. The van der Waals surface area contributed by atoms with Gasteiger partial charge in [0.1, 0.15) is 5.82 Å². The topological polar surface area (TPSA) is 43.8 Å². The molecule has 16 heavy (non-hydrogen) atoms. The first-order valence-corrected chi connectivity index (χ1v) is 5.86. The van der Waals surface area contributed by atoms with Crippen molar-refractivity contribution in [3.63, 3.8) is 0 Å². The molecule has 0 aliphatic rings. The lowest BCUT2D eigenvalue weighted by Gasteiger charge is -2.16. The Hall–Kier alpha value is -1.35. The van der Waals surface area contributed by atoms with Crippen LogP contribution in [0.1, 0.15) is 32.5 Å². The van der Waals surface area contributed by atoms with Crippen LogP contribution in [-0.4, -0.2) is 15.6 Å². The molecular weight excluding hydrogens is 198 g/mol. The maximum Gasteiger partial charge on any atom is 0.114 e. The fraction of sp³-hybridized carbons (Fsp3) is 0.462. The number of benzene rings is 1. The SMILES string of the molecule is CCn1c(C(C)C(C)N)nc2ccccc21. The Balaban J connectivity index is 2.60. The maximum atomic E-state index is 5.96. The standard InChI is InChI=1S/C13H19N3/c1-4-16-12-8-6-5-7-11(12)15-13(16)9(2)10(3)14/h5-10H,4,14H2,1-3H3. The van der Waals surface area contributed by atoms with Gasteiger partial charge >= 0.3 is 0 Å². The van der Waals surface area contributed by atoms with E-state index < -0.39 is 0 Å². The summed E-state index contributed by atoms with van der Waals surface area (Å²) in [6, 6.07) is 8.37. The average Bonchev–Trinajstić information content (AvgIpc) is 2.65. The van der Waals surface area contributed by atoms with Crippen LogP contribution in [0.2, 0.25) is 0 Å². The van der Waals surface area contributed by atoms with Gasteiger partial charge in [-0.1, -0.05) is 19.1 Å². The zero-order valence-corrected chi connectivity index (χ0v) is 10.1. The van der Waals surface area contributed by atoms with E-state index in [-0.39, 0.29) is 12.0 Å². The molecule has 0 fully saturated rings. The molecule has 0 amide bonds. The molecule has 3 nitrogen and oxygen atoms in total. The third kappa shape index (κ3) is 1.71. The number of rotatable bonds is 3. The van der Waals surface area contributed by atoms with E-state index >= 15 is 0 Å². The van der Waals surface area contributed by atoms with Gasteiger partial charge in [0.2, 0.25) is 0 Å². The first-order chi connectivity index (χ1) is 7.65. The molecule has 3 heteroatoms. The van der Waals surface area contributed by atoms with Crippen LogP contribution in [0.5, 0.6) is 0 Å². The Bertz CT molecular complexity index is 485. The summed E-state index contributed by atoms with van der Waals surface area (Å²) >= 11 is 0. The number of imidazole rings is 1. The third-order valence-electron chi connectivity index (χ3n) is 3.20. The lowest BCUT2D eigenvalue weighted by molar-refractivity contribution is 0.551. The smallest absolute Gasteiger partial charge is 0.114 e. The molecule has 2 rings (SSSR count). The van der Waals surface area contributed by atoms with Gasteiger partial charge < -0.3 is 10.3 Å². The molecule has 1 heterocycles. The Morgan fingerprint density at radius 3 is 2.62 bits per heavy atom. The highest BCUT2D eigenvalue weighted by molar-refractivity contribution is 5.76. The molecule has 2 unspecified atom stereocenters. The van der Waals surface area contributed by atoms with Gasteiger partial charge in [-0.3, -0.25) is 0 Å². The summed E-state index contributed by atoms with van der Waals surface area (Å²) in [6.07, 6.45) is 0. The highest BCUT2D eigenvalue weighted by Gasteiger charge is 2.18. The number of hydrogen-bond donors (Lipinski definition) is 1. The molecule has 0 aliphatic carbocycles. The van der Waals surface area contributed by atoms with Crippen LogP contribution < -0.4 is 5.73 Å². The van der Waals surface area contributed by atoms with Gasteiger partial charge in [0.25, 0.3) is 0 Å². The second-order valence-electron chi connectivity index (χ2n) is 4.35. The number of nitrogens with zero attached hydrogens (tertiary/aromatic N) is 2. The van der Waals surface area contributed by atoms with E-state index in [9.17, 15) is 0 Å². The molecule has 0 saturated carbocycles. The first-order valence-electron chi connectivity index (χ1n) is 5.86. The molecule has 0 saturated heterocycles. The summed E-state index contributed by atoms with van der Waals surface area (Å²) in [5.41, 5.74) is 8.22. The van der Waals surface area contributed by atoms with Crippen molar-refractivity contribution in [1.82, 2.24) is 9.55 Å². The largest absolute Gasteiger partial charge is 0.328 e. The van der Waals surface area contributed by atoms with Gasteiger partial charge in [0.15, 0.2) is 0 Å². The van der Waals surface area contributed by atoms with Crippen molar-refractivity contribution in [3.8, 4) is 0 Å². The van der Waals surface area contributed by atoms with Gasteiger partial charge in [0.05, 0.1) is 11.0 Å². The highest BCUT2D eigenvalue weighted by Crippen LogP contribution is 2.23. The van der Waals surface area contributed by atoms with E-state index in [1.54, 1.807) is 0 Å². The molecule has 2 N–H and O–H groups in total. The van der Waals surface area contributed by atoms with E-state index in [1.165, 1.54) is 5.52 Å². The lowest BCUT2D eigenvalue weighted by Crippen LogP contribution is -2.25. The maximum absolute atomic E-state index is 5.96. The second kappa shape index (κ2) is 4.26. The summed E-state index contributed by atoms with van der Waals surface area (Å²) in [6.45, 7) is 7.25. The molecule has 0 bridgehead atoms. The van der Waals surface area contributed by atoms with Crippen molar-refractivity contribution in [1.29, 1.82) is 0 Å². The summed E-state index contributed by atoms with van der Waals surface area (Å²) in [5, 5.41) is 0. The van der Waals surface area contributed by atoms with Gasteiger partial charge in [-0.2, -0.15) is 0 Å². The van der Waals surface area contributed by atoms with Crippen molar-refractivity contribution in [2.75, 3.05) is 0 Å². The molecule has 2 atom stereocenters. The van der Waals surface area contributed by atoms with Gasteiger partial charge in [-0.25, -0.2) is 4.98 Å². The number of para-hydroxylation sites is 2. The van der Waals surface area contributed by atoms with Gasteiger partial charge in [-0.15, -0.1) is 0 Å². The van der Waals surface area contributed by atoms with E-state index in [0.717, 1.165) is 17.9 Å². The van der Waals surface area contributed by atoms with E-state index in [0.29, 0.717) is 0 Å². The Kier molecular flexibility index (Phi) is 2.97. The third-order valence-corrected chi connectivity index (χ3v) is 3.20. The van der Waals surface area contributed by atoms with Crippen LogP contribution in [0.3, 0.4) is 0 Å². The normalized spacial score (nSPS) is 15.2. The minimum absolute atomic E-state index is 0.127. The number of nitrogens with two attached hydrogens (primary N) is 1. The second-order valence-corrected chi connectivity index (χ2v) is 4.35. The molecular formula is C13H19N3. The monoisotopic (exact) mass is 217 g/mol. The van der Waals surface area contributed by atoms with Gasteiger partial charge in [0, 0.05) is 18.5 Å². The number of aromatic nitrogens is 2. The van der Waals surface area contributed by atoms with Crippen LogP contribution in [0, 0.1) is 0 Å². The van der Waals surface area contributed by atoms with Crippen molar-refractivity contribution in [3.05, 3.63) is 30.1 Å². The molecule has 0 aliphatic heterocycles. The predicted octanol–water partition coefficient (Wildman–Crippen LogP) is 2.51. The fourth-order valence-electron chi connectivity index (χ4n) is 2.01. The van der Waals surface area contributed by atoms with Crippen molar-refractivity contribution < 1.29 is 0 Å². The van der Waals surface area contributed by atoms with Crippen molar-refractivity contribution in [2.45, 2.75) is 39.3 Å². The number of fused-ring (bicyclic) bond motifs is 1. The Morgan fingerprint density at radius 1 is 1.31 bits per heavy atom. The minimum Gasteiger partial charge on any atom is -0.328 e. The predicted molar refractivity (Wildman–Crippen MR) is 67.5 cm³/mol. The number of aryl methyl sites for hydroxylation is 1. The summed E-state index contributed by atoms with van der Waals surface area (Å²) in [7, 11) is 0. The average molecular weight is 217 g/mol.